The molecule has 8 heteroatoms. The Labute approximate surface area is 200 Å². The summed E-state index contributed by atoms with van der Waals surface area (Å²) in [6.45, 7) is 2.49. The Balaban J connectivity index is 1.27. The molecule has 174 valence electrons. The van der Waals surface area contributed by atoms with Crippen LogP contribution in [0.1, 0.15) is 11.4 Å². The van der Waals surface area contributed by atoms with Gasteiger partial charge in [-0.1, -0.05) is 30.3 Å². The lowest BCUT2D eigenvalue weighted by Gasteiger charge is -3.07. The SMILES string of the molecule is Cc1cc(-c2c(-c3ccccc3)nc(N)[n+]3c(=O)n(CC45C6C7C8C6C4C8C75)[nH]c23)cc(CO)n1. The van der Waals surface area contributed by atoms with Crippen LogP contribution in [0.3, 0.4) is 0 Å². The molecule has 3 aromatic heterocycles. The quantitative estimate of drug-likeness (QED) is 0.389. The van der Waals surface area contributed by atoms with E-state index in [0.717, 1.165) is 70.4 Å². The number of nitrogen functional groups attached to an aromatic ring is 1. The maximum absolute atomic E-state index is 13.7. The van der Waals surface area contributed by atoms with E-state index in [0.29, 0.717) is 22.5 Å². The van der Waals surface area contributed by atoms with Gasteiger partial charge in [-0.05, 0) is 66.0 Å². The van der Waals surface area contributed by atoms with Crippen LogP contribution >= 0.6 is 0 Å². The lowest BCUT2D eigenvalue weighted by molar-refractivity contribution is -0.618. The predicted octanol–water partition coefficient (Wildman–Crippen LogP) is 1.79. The maximum Gasteiger partial charge on any atom is 0.428 e. The van der Waals surface area contributed by atoms with Crippen LogP contribution in [0.15, 0.2) is 47.3 Å². The first kappa shape index (κ1) is 18.8. The molecule has 0 atom stereocenters. The topological polar surface area (TPSA) is 114 Å². The highest BCUT2D eigenvalue weighted by Crippen LogP contribution is 3.06. The molecule has 3 heterocycles. The van der Waals surface area contributed by atoms with E-state index in [4.69, 9.17) is 10.7 Å². The van der Waals surface area contributed by atoms with Crippen molar-refractivity contribution in [2.24, 2.45) is 46.8 Å². The lowest BCUT2D eigenvalue weighted by atomic mass is 8.96. The molecule has 8 nitrogen and oxygen atoms in total. The molecule has 6 saturated carbocycles. The summed E-state index contributed by atoms with van der Waals surface area (Å²) >= 11 is 0. The van der Waals surface area contributed by atoms with Gasteiger partial charge in [-0.2, -0.15) is 4.68 Å². The van der Waals surface area contributed by atoms with Crippen molar-refractivity contribution in [2.45, 2.75) is 20.1 Å². The number of aromatic amines is 1. The van der Waals surface area contributed by atoms with Crippen LogP contribution in [0.5, 0.6) is 0 Å². The number of benzene rings is 1. The van der Waals surface area contributed by atoms with Crippen LogP contribution in [-0.2, 0) is 13.2 Å². The number of pyridine rings is 1. The standard InChI is InChI=1S/C27H24N6O2/c1-11-7-13(8-14(9-34)29-11)15-23(12-5-3-2-4-6-12)30-25(28)33-24(15)31-32(26(33)35)10-27-20-17-16-18(20)22(27)19(16)21(17)27/h2-8,16-22,34H,9-10H2,1H3,(H2,28,29,30,31)/p+1. The van der Waals surface area contributed by atoms with Crippen molar-refractivity contribution in [3.8, 4) is 22.4 Å². The molecule has 0 bridgehead atoms. The van der Waals surface area contributed by atoms with Crippen LogP contribution in [0.2, 0.25) is 0 Å². The van der Waals surface area contributed by atoms with Gasteiger partial charge in [-0.3, -0.25) is 4.98 Å². The first-order valence-electron chi connectivity index (χ1n) is 12.5. The van der Waals surface area contributed by atoms with Gasteiger partial charge in [0.2, 0.25) is 5.65 Å². The number of fused-ring (bicyclic) bond motifs is 1. The van der Waals surface area contributed by atoms with Crippen molar-refractivity contribution in [3.05, 3.63) is 64.3 Å². The van der Waals surface area contributed by atoms with Crippen molar-refractivity contribution in [2.75, 3.05) is 5.73 Å². The zero-order valence-electron chi connectivity index (χ0n) is 19.2. The summed E-state index contributed by atoms with van der Waals surface area (Å²) in [5.74, 6) is 6.65. The molecule has 0 saturated heterocycles. The molecule has 0 radical (unpaired) electrons. The molecule has 35 heavy (non-hydrogen) atoms. The smallest absolute Gasteiger partial charge is 0.390 e. The fraction of sp³-hybridized carbons (Fsp3) is 0.407. The van der Waals surface area contributed by atoms with Crippen molar-refractivity contribution in [3.63, 3.8) is 0 Å². The highest BCUT2D eigenvalue weighted by molar-refractivity contribution is 5.88. The van der Waals surface area contributed by atoms with Crippen LogP contribution in [0.25, 0.3) is 28.0 Å². The molecule has 0 spiro atoms. The molecule has 6 aliphatic carbocycles. The third-order valence-corrected chi connectivity index (χ3v) is 10.4. The summed E-state index contributed by atoms with van der Waals surface area (Å²) in [5, 5.41) is 13.3. The number of aromatic nitrogens is 5. The van der Waals surface area contributed by atoms with E-state index in [-0.39, 0.29) is 18.2 Å². The van der Waals surface area contributed by atoms with E-state index in [1.807, 2.05) is 49.4 Å². The van der Waals surface area contributed by atoms with E-state index < -0.39 is 0 Å². The molecular weight excluding hydrogens is 440 g/mol. The number of nitrogens with zero attached hydrogens (tertiary/aromatic N) is 4. The number of nitrogens with one attached hydrogen (secondary N) is 1. The molecule has 0 aliphatic heterocycles. The van der Waals surface area contributed by atoms with E-state index in [2.05, 4.69) is 10.1 Å². The minimum absolute atomic E-state index is 0.160. The minimum atomic E-state index is -0.164. The van der Waals surface area contributed by atoms with Crippen LogP contribution in [0.4, 0.5) is 5.95 Å². The first-order chi connectivity index (χ1) is 17.0. The lowest BCUT2D eigenvalue weighted by Crippen LogP contribution is -3.05. The second kappa shape index (κ2) is 5.65. The van der Waals surface area contributed by atoms with Gasteiger partial charge in [-0.15, -0.1) is 9.38 Å². The van der Waals surface area contributed by atoms with Crippen LogP contribution in [-0.4, -0.2) is 24.9 Å². The summed E-state index contributed by atoms with van der Waals surface area (Å²) in [6, 6.07) is 13.7. The first-order valence-corrected chi connectivity index (χ1v) is 12.5. The Morgan fingerprint density at radius 2 is 1.77 bits per heavy atom. The zero-order chi connectivity index (χ0) is 23.4. The van der Waals surface area contributed by atoms with Gasteiger partial charge in [0.15, 0.2) is 0 Å². The summed E-state index contributed by atoms with van der Waals surface area (Å²) < 4.78 is 3.30. The van der Waals surface area contributed by atoms with E-state index in [1.165, 1.54) is 4.40 Å². The number of hydrogen-bond acceptors (Lipinski definition) is 5. The summed E-state index contributed by atoms with van der Waals surface area (Å²) in [5.41, 5.74) is 11.8. The Kier molecular flexibility index (Phi) is 3.03. The Hall–Kier alpha value is -3.52. The Morgan fingerprint density at radius 3 is 2.46 bits per heavy atom. The minimum Gasteiger partial charge on any atom is -0.390 e. The summed E-state index contributed by atoms with van der Waals surface area (Å²) in [6.07, 6.45) is 0. The van der Waals surface area contributed by atoms with E-state index >= 15 is 0 Å². The van der Waals surface area contributed by atoms with E-state index in [1.54, 1.807) is 4.68 Å². The van der Waals surface area contributed by atoms with Crippen molar-refractivity contribution < 1.29 is 9.51 Å². The molecule has 1 aromatic carbocycles. The number of anilines is 1. The second-order valence-corrected chi connectivity index (χ2v) is 11.4. The monoisotopic (exact) mass is 465 g/mol. The molecule has 4 aromatic rings. The average molecular weight is 466 g/mol. The fourth-order valence-electron chi connectivity index (χ4n) is 9.56. The van der Waals surface area contributed by atoms with Crippen molar-refractivity contribution >= 4 is 11.6 Å². The number of nitrogens with two attached hydrogens (primary N) is 1. The molecule has 0 amide bonds. The van der Waals surface area contributed by atoms with Crippen LogP contribution in [0, 0.1) is 53.8 Å². The van der Waals surface area contributed by atoms with Crippen molar-refractivity contribution in [1.29, 1.82) is 0 Å². The van der Waals surface area contributed by atoms with Crippen molar-refractivity contribution in [1.82, 2.24) is 19.7 Å². The molecule has 6 aliphatic rings. The largest absolute Gasteiger partial charge is 0.428 e. The van der Waals surface area contributed by atoms with Gasteiger partial charge in [0.1, 0.15) is 5.69 Å². The predicted molar refractivity (Wildman–Crippen MR) is 127 cm³/mol. The van der Waals surface area contributed by atoms with Gasteiger partial charge in [0, 0.05) is 16.7 Å². The Morgan fingerprint density at radius 1 is 1.06 bits per heavy atom. The number of H-pyrrole nitrogens is 1. The summed E-state index contributed by atoms with van der Waals surface area (Å²) in [4.78, 5) is 22.8. The fourth-order valence-corrected chi connectivity index (χ4v) is 9.56. The van der Waals surface area contributed by atoms with Gasteiger partial charge in [-0.25, -0.2) is 9.89 Å². The highest BCUT2D eigenvalue weighted by atomic mass is 16.3. The second-order valence-electron chi connectivity index (χ2n) is 11.4. The van der Waals surface area contributed by atoms with Gasteiger partial charge in [0.05, 0.1) is 24.4 Å². The number of aliphatic hydroxyl groups excluding tert-OH is 1. The van der Waals surface area contributed by atoms with E-state index in [9.17, 15) is 9.90 Å². The zero-order valence-corrected chi connectivity index (χ0v) is 19.2. The highest BCUT2D eigenvalue weighted by Gasteiger charge is 3.04. The molecular formula is C27H25N6O2+. The number of hydrogen-bond donors (Lipinski definition) is 3. The number of aryl methyl sites for hydroxylation is 1. The van der Waals surface area contributed by atoms with Gasteiger partial charge in [0.25, 0.3) is 0 Å². The number of rotatable bonds is 5. The third-order valence-electron chi connectivity index (χ3n) is 10.4. The Bertz CT molecular complexity index is 1620. The molecule has 0 unspecified atom stereocenters. The average Bonchev–Trinajstić information content (AvgIpc) is 3.20. The number of aliphatic hydroxyl groups is 1. The molecule has 4 N–H and O–H groups in total. The van der Waals surface area contributed by atoms with Crippen LogP contribution < -0.4 is 15.8 Å². The summed E-state index contributed by atoms with van der Waals surface area (Å²) in [7, 11) is 0. The third kappa shape index (κ3) is 1.79. The maximum atomic E-state index is 13.7. The normalized spacial score (nSPS) is 36.0. The molecule has 10 rings (SSSR count). The molecule has 6 fully saturated rings. The van der Waals surface area contributed by atoms with Gasteiger partial charge < -0.3 is 10.8 Å². The van der Waals surface area contributed by atoms with Gasteiger partial charge >= 0.3 is 11.6 Å².